The predicted octanol–water partition coefficient (Wildman–Crippen LogP) is 3.57. The number of aromatic nitrogens is 1. The summed E-state index contributed by atoms with van der Waals surface area (Å²) in [5, 5.41) is 6.46. The molecule has 6 nitrogen and oxygen atoms in total. The van der Waals surface area contributed by atoms with Crippen molar-refractivity contribution in [3.8, 4) is 22.8 Å². The highest BCUT2D eigenvalue weighted by Gasteiger charge is 2.13. The van der Waals surface area contributed by atoms with Crippen LogP contribution in [0.1, 0.15) is 16.1 Å². The van der Waals surface area contributed by atoms with Crippen molar-refractivity contribution in [2.24, 2.45) is 0 Å². The first kappa shape index (κ1) is 18.4. The van der Waals surface area contributed by atoms with E-state index in [1.165, 1.54) is 13.2 Å². The molecule has 0 spiro atoms. The van der Waals surface area contributed by atoms with Gasteiger partial charge in [-0.25, -0.2) is 8.78 Å². The van der Waals surface area contributed by atoms with Gasteiger partial charge in [-0.15, -0.1) is 0 Å². The Balaban J connectivity index is 1.69. The Morgan fingerprint density at radius 1 is 1.04 bits per heavy atom. The zero-order valence-electron chi connectivity index (χ0n) is 14.6. The van der Waals surface area contributed by atoms with E-state index in [9.17, 15) is 13.6 Å². The van der Waals surface area contributed by atoms with Gasteiger partial charge in [0.25, 0.3) is 5.91 Å². The first-order chi connectivity index (χ1) is 13.0. The van der Waals surface area contributed by atoms with Crippen LogP contribution in [0.5, 0.6) is 11.5 Å². The Hall–Kier alpha value is -3.42. The average Bonchev–Trinajstić information content (AvgIpc) is 3.16. The Kier molecular flexibility index (Phi) is 5.35. The van der Waals surface area contributed by atoms with Gasteiger partial charge >= 0.3 is 0 Å². The Labute approximate surface area is 153 Å². The second kappa shape index (κ2) is 7.86. The lowest BCUT2D eigenvalue weighted by Gasteiger charge is -2.07. The van der Waals surface area contributed by atoms with E-state index < -0.39 is 17.5 Å². The van der Waals surface area contributed by atoms with E-state index in [0.29, 0.717) is 23.0 Å². The van der Waals surface area contributed by atoms with Gasteiger partial charge in [0.05, 0.1) is 20.8 Å². The predicted molar refractivity (Wildman–Crippen MR) is 92.6 cm³/mol. The van der Waals surface area contributed by atoms with Gasteiger partial charge in [0, 0.05) is 17.2 Å². The topological polar surface area (TPSA) is 73.6 Å². The van der Waals surface area contributed by atoms with Gasteiger partial charge in [-0.3, -0.25) is 4.79 Å². The van der Waals surface area contributed by atoms with Crippen LogP contribution in [-0.2, 0) is 6.54 Å². The number of methoxy groups -OCH3 is 2. The molecule has 8 heteroatoms. The number of amides is 1. The summed E-state index contributed by atoms with van der Waals surface area (Å²) in [7, 11) is 3.07. The maximum absolute atomic E-state index is 13.2. The smallest absolute Gasteiger partial charge is 0.251 e. The summed E-state index contributed by atoms with van der Waals surface area (Å²) in [4.78, 5) is 12.0. The van der Waals surface area contributed by atoms with Gasteiger partial charge in [-0.05, 0) is 36.4 Å². The van der Waals surface area contributed by atoms with Crippen molar-refractivity contribution in [3.63, 3.8) is 0 Å². The number of halogens is 2. The molecule has 0 aliphatic rings. The average molecular weight is 374 g/mol. The molecule has 0 saturated heterocycles. The minimum atomic E-state index is -1.08. The molecule has 0 unspecified atom stereocenters. The fourth-order valence-electron chi connectivity index (χ4n) is 2.43. The summed E-state index contributed by atoms with van der Waals surface area (Å²) in [6.45, 7) is 0.0641. The molecule has 3 aromatic rings. The number of nitrogens with zero attached hydrogens (tertiary/aromatic N) is 1. The molecule has 0 fully saturated rings. The number of nitrogens with one attached hydrogen (secondary N) is 1. The van der Waals surface area contributed by atoms with Crippen molar-refractivity contribution < 1.29 is 27.6 Å². The zero-order chi connectivity index (χ0) is 19.4. The van der Waals surface area contributed by atoms with Crippen molar-refractivity contribution in [1.82, 2.24) is 10.5 Å². The Morgan fingerprint density at radius 3 is 2.52 bits per heavy atom. The monoisotopic (exact) mass is 374 g/mol. The number of hydrogen-bond donors (Lipinski definition) is 1. The third kappa shape index (κ3) is 4.05. The third-order valence-corrected chi connectivity index (χ3v) is 3.84. The number of ether oxygens (including phenoxy) is 2. The van der Waals surface area contributed by atoms with Crippen LogP contribution in [0, 0.1) is 11.6 Å². The first-order valence-corrected chi connectivity index (χ1v) is 7.93. The van der Waals surface area contributed by atoms with Crippen LogP contribution in [-0.4, -0.2) is 25.3 Å². The van der Waals surface area contributed by atoms with E-state index in [-0.39, 0.29) is 12.1 Å². The van der Waals surface area contributed by atoms with E-state index in [0.717, 1.165) is 17.7 Å². The quantitative estimate of drug-likeness (QED) is 0.714. The van der Waals surface area contributed by atoms with E-state index in [1.54, 1.807) is 31.4 Å². The Bertz CT molecular complexity index is 972. The second-order valence-corrected chi connectivity index (χ2v) is 5.56. The molecule has 1 heterocycles. The molecular formula is C19H16F2N2O4. The van der Waals surface area contributed by atoms with Crippen molar-refractivity contribution in [2.45, 2.75) is 6.54 Å². The van der Waals surface area contributed by atoms with Crippen LogP contribution < -0.4 is 14.8 Å². The maximum atomic E-state index is 13.2. The van der Waals surface area contributed by atoms with Gasteiger partial charge in [-0.2, -0.15) is 0 Å². The molecule has 0 aliphatic carbocycles. The lowest BCUT2D eigenvalue weighted by molar-refractivity contribution is 0.0949. The normalized spacial score (nSPS) is 10.5. The SMILES string of the molecule is COc1ccc(-c2cc(CNC(=O)c3ccc(F)c(F)c3)no2)cc1OC. The van der Waals surface area contributed by atoms with E-state index in [1.807, 2.05) is 0 Å². The number of benzene rings is 2. The van der Waals surface area contributed by atoms with Gasteiger partial charge in [0.15, 0.2) is 28.9 Å². The van der Waals surface area contributed by atoms with Crippen molar-refractivity contribution in [2.75, 3.05) is 14.2 Å². The fourth-order valence-corrected chi connectivity index (χ4v) is 2.43. The Morgan fingerprint density at radius 2 is 1.81 bits per heavy atom. The molecule has 0 bridgehead atoms. The molecule has 0 atom stereocenters. The van der Waals surface area contributed by atoms with E-state index >= 15 is 0 Å². The largest absolute Gasteiger partial charge is 0.493 e. The lowest BCUT2D eigenvalue weighted by atomic mass is 10.1. The molecule has 1 amide bonds. The van der Waals surface area contributed by atoms with Crippen LogP contribution in [0.2, 0.25) is 0 Å². The van der Waals surface area contributed by atoms with Gasteiger partial charge in [-0.1, -0.05) is 5.16 Å². The lowest BCUT2D eigenvalue weighted by Crippen LogP contribution is -2.23. The van der Waals surface area contributed by atoms with Crippen LogP contribution in [0.15, 0.2) is 47.0 Å². The molecule has 0 aliphatic heterocycles. The molecule has 1 aromatic heterocycles. The molecule has 2 aromatic carbocycles. The van der Waals surface area contributed by atoms with Crippen LogP contribution in [0.4, 0.5) is 8.78 Å². The summed E-state index contributed by atoms with van der Waals surface area (Å²) in [5.41, 5.74) is 1.20. The minimum absolute atomic E-state index is 0.0116. The summed E-state index contributed by atoms with van der Waals surface area (Å²) >= 11 is 0. The molecule has 0 saturated carbocycles. The molecule has 0 radical (unpaired) electrons. The molecule has 27 heavy (non-hydrogen) atoms. The third-order valence-electron chi connectivity index (χ3n) is 3.84. The van der Waals surface area contributed by atoms with Gasteiger partial charge in [0.2, 0.25) is 0 Å². The van der Waals surface area contributed by atoms with E-state index in [4.69, 9.17) is 14.0 Å². The highest BCUT2D eigenvalue weighted by Crippen LogP contribution is 2.32. The minimum Gasteiger partial charge on any atom is -0.493 e. The fraction of sp³-hybridized carbons (Fsp3) is 0.158. The number of carbonyl (C=O) groups excluding carboxylic acids is 1. The van der Waals surface area contributed by atoms with Crippen LogP contribution >= 0.6 is 0 Å². The molecular weight excluding hydrogens is 358 g/mol. The zero-order valence-corrected chi connectivity index (χ0v) is 14.6. The van der Waals surface area contributed by atoms with Crippen molar-refractivity contribution in [3.05, 3.63) is 65.4 Å². The summed E-state index contributed by atoms with van der Waals surface area (Å²) in [5.74, 6) is -1.04. The van der Waals surface area contributed by atoms with Crippen LogP contribution in [0.3, 0.4) is 0 Å². The highest BCUT2D eigenvalue weighted by molar-refractivity contribution is 5.94. The molecule has 3 rings (SSSR count). The molecule has 1 N–H and O–H groups in total. The number of hydrogen-bond acceptors (Lipinski definition) is 5. The van der Waals surface area contributed by atoms with Gasteiger partial charge < -0.3 is 19.3 Å². The number of rotatable bonds is 6. The second-order valence-electron chi connectivity index (χ2n) is 5.56. The standard InChI is InChI=1S/C19H16F2N2O4/c1-25-16-6-4-11(8-18(16)26-2)17-9-13(23-27-17)10-22-19(24)12-3-5-14(20)15(21)7-12/h3-9H,10H2,1-2H3,(H,22,24). The van der Waals surface area contributed by atoms with Crippen LogP contribution in [0.25, 0.3) is 11.3 Å². The number of carbonyl (C=O) groups is 1. The van der Waals surface area contributed by atoms with E-state index in [2.05, 4.69) is 10.5 Å². The highest BCUT2D eigenvalue weighted by atomic mass is 19.2. The van der Waals surface area contributed by atoms with Gasteiger partial charge in [0.1, 0.15) is 5.69 Å². The van der Waals surface area contributed by atoms with Crippen molar-refractivity contribution >= 4 is 5.91 Å². The van der Waals surface area contributed by atoms with Crippen molar-refractivity contribution in [1.29, 1.82) is 0 Å². The molecule has 140 valence electrons. The summed E-state index contributed by atoms with van der Waals surface area (Å²) < 4.78 is 41.9. The maximum Gasteiger partial charge on any atom is 0.251 e. The first-order valence-electron chi connectivity index (χ1n) is 7.93. The summed E-state index contributed by atoms with van der Waals surface area (Å²) in [6, 6.07) is 9.85. The summed E-state index contributed by atoms with van der Waals surface area (Å²) in [6.07, 6.45) is 0.